The molecule has 0 heterocycles. The molecule has 1 rings (SSSR count). The fourth-order valence-corrected chi connectivity index (χ4v) is 1.49. The smallest absolute Gasteiger partial charge is 0.238 e. The van der Waals surface area contributed by atoms with Crippen molar-refractivity contribution in [2.45, 2.75) is 20.3 Å². The van der Waals surface area contributed by atoms with E-state index in [2.05, 4.69) is 16.7 Å². The Labute approximate surface area is 102 Å². The van der Waals surface area contributed by atoms with Gasteiger partial charge in [0.25, 0.3) is 0 Å². The van der Waals surface area contributed by atoms with E-state index in [9.17, 15) is 4.79 Å². The first kappa shape index (κ1) is 13.2. The average molecular weight is 231 g/mol. The van der Waals surface area contributed by atoms with Gasteiger partial charge in [0.15, 0.2) is 0 Å². The summed E-state index contributed by atoms with van der Waals surface area (Å²) in [7, 11) is 0. The molecule has 0 spiro atoms. The van der Waals surface area contributed by atoms with Gasteiger partial charge in [0.1, 0.15) is 6.07 Å². The van der Waals surface area contributed by atoms with Gasteiger partial charge in [-0.15, -0.1) is 0 Å². The predicted molar refractivity (Wildman–Crippen MR) is 67.7 cm³/mol. The van der Waals surface area contributed by atoms with Crippen LogP contribution in [0.15, 0.2) is 18.2 Å². The summed E-state index contributed by atoms with van der Waals surface area (Å²) in [4.78, 5) is 11.6. The number of carbonyl (C=O) groups is 1. The van der Waals surface area contributed by atoms with Crippen molar-refractivity contribution in [1.29, 1.82) is 5.26 Å². The number of carbonyl (C=O) groups excluding carboxylic acids is 1. The number of nitrogens with one attached hydrogen (secondary N) is 2. The second-order valence-electron chi connectivity index (χ2n) is 3.83. The minimum absolute atomic E-state index is 0.124. The van der Waals surface area contributed by atoms with Crippen molar-refractivity contribution in [1.82, 2.24) is 5.32 Å². The minimum atomic E-state index is -0.124. The number of aryl methyl sites for hydroxylation is 1. The summed E-state index contributed by atoms with van der Waals surface area (Å²) in [5, 5.41) is 14.8. The van der Waals surface area contributed by atoms with Gasteiger partial charge in [-0.25, -0.2) is 0 Å². The molecule has 0 aliphatic heterocycles. The zero-order valence-corrected chi connectivity index (χ0v) is 10.2. The van der Waals surface area contributed by atoms with E-state index >= 15 is 0 Å². The molecule has 4 nitrogen and oxygen atoms in total. The van der Waals surface area contributed by atoms with Crippen LogP contribution in [0.4, 0.5) is 5.69 Å². The number of benzene rings is 1. The number of hydrogen-bond donors (Lipinski definition) is 2. The molecule has 90 valence electrons. The van der Waals surface area contributed by atoms with Gasteiger partial charge >= 0.3 is 0 Å². The van der Waals surface area contributed by atoms with E-state index in [0.29, 0.717) is 11.3 Å². The van der Waals surface area contributed by atoms with Crippen LogP contribution in [0.2, 0.25) is 0 Å². The number of rotatable bonds is 5. The molecule has 0 aliphatic rings. The molecular weight excluding hydrogens is 214 g/mol. The Morgan fingerprint density at radius 1 is 1.47 bits per heavy atom. The van der Waals surface area contributed by atoms with Crippen molar-refractivity contribution in [2.75, 3.05) is 18.4 Å². The summed E-state index contributed by atoms with van der Waals surface area (Å²) in [6, 6.07) is 7.52. The standard InChI is InChI=1S/C13H17N3O/c1-3-7-15-9-13(17)16-12-6-4-5-10(2)11(12)8-14/h4-6,15H,3,7,9H2,1-2H3,(H,16,17). The lowest BCUT2D eigenvalue weighted by atomic mass is 10.1. The van der Waals surface area contributed by atoms with E-state index in [0.717, 1.165) is 18.5 Å². The highest BCUT2D eigenvalue weighted by Crippen LogP contribution is 2.17. The quantitative estimate of drug-likeness (QED) is 0.759. The van der Waals surface area contributed by atoms with Gasteiger partial charge in [0.2, 0.25) is 5.91 Å². The molecule has 0 unspecified atom stereocenters. The molecule has 0 bridgehead atoms. The highest BCUT2D eigenvalue weighted by atomic mass is 16.1. The first-order valence-electron chi connectivity index (χ1n) is 5.69. The van der Waals surface area contributed by atoms with Gasteiger partial charge in [-0.3, -0.25) is 4.79 Å². The Morgan fingerprint density at radius 2 is 2.24 bits per heavy atom. The van der Waals surface area contributed by atoms with Gasteiger partial charge in [0, 0.05) is 0 Å². The van der Waals surface area contributed by atoms with Crippen molar-refractivity contribution >= 4 is 11.6 Å². The summed E-state index contributed by atoms with van der Waals surface area (Å²) in [5.74, 6) is -0.124. The summed E-state index contributed by atoms with van der Waals surface area (Å²) in [6.45, 7) is 4.97. The van der Waals surface area contributed by atoms with Gasteiger partial charge in [-0.2, -0.15) is 5.26 Å². The molecule has 1 aromatic carbocycles. The van der Waals surface area contributed by atoms with Crippen LogP contribution in [0.25, 0.3) is 0 Å². The topological polar surface area (TPSA) is 64.9 Å². The second kappa shape index (κ2) is 6.66. The van der Waals surface area contributed by atoms with E-state index in [1.54, 1.807) is 6.07 Å². The van der Waals surface area contributed by atoms with Crippen LogP contribution < -0.4 is 10.6 Å². The van der Waals surface area contributed by atoms with Crippen molar-refractivity contribution < 1.29 is 4.79 Å². The molecular formula is C13H17N3O. The van der Waals surface area contributed by atoms with Gasteiger partial charge < -0.3 is 10.6 Å². The lowest BCUT2D eigenvalue weighted by Gasteiger charge is -2.09. The summed E-state index contributed by atoms with van der Waals surface area (Å²) in [6.07, 6.45) is 0.987. The third-order valence-electron chi connectivity index (χ3n) is 2.37. The zero-order valence-electron chi connectivity index (χ0n) is 10.2. The Balaban J connectivity index is 2.66. The first-order chi connectivity index (χ1) is 8.19. The van der Waals surface area contributed by atoms with Crippen LogP contribution in [-0.4, -0.2) is 19.0 Å². The molecule has 2 N–H and O–H groups in total. The maximum atomic E-state index is 11.6. The van der Waals surface area contributed by atoms with Crippen molar-refractivity contribution in [2.24, 2.45) is 0 Å². The van der Waals surface area contributed by atoms with E-state index in [4.69, 9.17) is 5.26 Å². The summed E-state index contributed by atoms with van der Waals surface area (Å²) in [5.41, 5.74) is 1.97. The van der Waals surface area contributed by atoms with Crippen LogP contribution >= 0.6 is 0 Å². The van der Waals surface area contributed by atoms with E-state index < -0.39 is 0 Å². The average Bonchev–Trinajstić information content (AvgIpc) is 2.29. The number of nitrogens with zero attached hydrogens (tertiary/aromatic N) is 1. The maximum absolute atomic E-state index is 11.6. The SMILES string of the molecule is CCCNCC(=O)Nc1cccc(C)c1C#N. The fraction of sp³-hybridized carbons (Fsp3) is 0.385. The summed E-state index contributed by atoms with van der Waals surface area (Å²) < 4.78 is 0. The molecule has 4 heteroatoms. The number of nitriles is 1. The van der Waals surface area contributed by atoms with Crippen LogP contribution in [0, 0.1) is 18.3 Å². The van der Waals surface area contributed by atoms with Crippen molar-refractivity contribution in [3.05, 3.63) is 29.3 Å². The van der Waals surface area contributed by atoms with Gasteiger partial charge in [0.05, 0.1) is 17.8 Å². The van der Waals surface area contributed by atoms with E-state index in [1.807, 2.05) is 26.0 Å². The molecule has 1 amide bonds. The Morgan fingerprint density at radius 3 is 2.88 bits per heavy atom. The Kier molecular flexibility index (Phi) is 5.18. The largest absolute Gasteiger partial charge is 0.324 e. The molecule has 0 radical (unpaired) electrons. The predicted octanol–water partition coefficient (Wildman–Crippen LogP) is 1.80. The molecule has 0 saturated carbocycles. The molecule has 0 aromatic heterocycles. The Bertz CT molecular complexity index is 435. The lowest BCUT2D eigenvalue weighted by molar-refractivity contribution is -0.115. The third kappa shape index (κ3) is 3.89. The number of amides is 1. The highest BCUT2D eigenvalue weighted by molar-refractivity contribution is 5.93. The van der Waals surface area contributed by atoms with Crippen LogP contribution in [0.3, 0.4) is 0 Å². The molecule has 1 aromatic rings. The van der Waals surface area contributed by atoms with E-state index in [1.165, 1.54) is 0 Å². The number of anilines is 1. The van der Waals surface area contributed by atoms with Crippen LogP contribution in [0.5, 0.6) is 0 Å². The monoisotopic (exact) mass is 231 g/mol. The minimum Gasteiger partial charge on any atom is -0.324 e. The van der Waals surface area contributed by atoms with Crippen LogP contribution in [0.1, 0.15) is 24.5 Å². The molecule has 0 aliphatic carbocycles. The van der Waals surface area contributed by atoms with Crippen LogP contribution in [-0.2, 0) is 4.79 Å². The highest BCUT2D eigenvalue weighted by Gasteiger charge is 2.07. The molecule has 0 fully saturated rings. The van der Waals surface area contributed by atoms with Gasteiger partial charge in [-0.05, 0) is 31.5 Å². The van der Waals surface area contributed by atoms with E-state index in [-0.39, 0.29) is 12.5 Å². The molecule has 17 heavy (non-hydrogen) atoms. The van der Waals surface area contributed by atoms with Crippen molar-refractivity contribution in [3.8, 4) is 6.07 Å². The Hall–Kier alpha value is -1.86. The summed E-state index contributed by atoms with van der Waals surface area (Å²) >= 11 is 0. The fourth-order valence-electron chi connectivity index (χ4n) is 1.49. The normalized spacial score (nSPS) is 9.71. The maximum Gasteiger partial charge on any atom is 0.238 e. The second-order valence-corrected chi connectivity index (χ2v) is 3.83. The molecule has 0 atom stereocenters. The van der Waals surface area contributed by atoms with Crippen molar-refractivity contribution in [3.63, 3.8) is 0 Å². The van der Waals surface area contributed by atoms with Gasteiger partial charge in [-0.1, -0.05) is 19.1 Å². The number of hydrogen-bond acceptors (Lipinski definition) is 3. The lowest BCUT2D eigenvalue weighted by Crippen LogP contribution is -2.28. The first-order valence-corrected chi connectivity index (χ1v) is 5.69. The third-order valence-corrected chi connectivity index (χ3v) is 2.37. The molecule has 0 saturated heterocycles. The zero-order chi connectivity index (χ0) is 12.7.